The summed E-state index contributed by atoms with van der Waals surface area (Å²) in [5, 5.41) is 8.32. The van der Waals surface area contributed by atoms with Crippen LogP contribution in [0.15, 0.2) is 60.7 Å². The number of hydrogen-bond donors (Lipinski definition) is 2. The molecule has 5 rings (SSSR count). The van der Waals surface area contributed by atoms with Crippen LogP contribution >= 0.6 is 23.2 Å². The summed E-state index contributed by atoms with van der Waals surface area (Å²) in [6, 6.07) is 21.6. The molecule has 0 amide bonds. The van der Waals surface area contributed by atoms with Crippen LogP contribution in [0.25, 0.3) is 11.1 Å². The Balaban J connectivity index is 1.25. The third-order valence-electron chi connectivity index (χ3n) is 8.57. The molecule has 0 spiro atoms. The third kappa shape index (κ3) is 8.85. The van der Waals surface area contributed by atoms with E-state index in [0.717, 1.165) is 94.8 Å². The van der Waals surface area contributed by atoms with E-state index in [-0.39, 0.29) is 0 Å². The molecule has 0 saturated carbocycles. The van der Waals surface area contributed by atoms with Gasteiger partial charge in [0.15, 0.2) is 0 Å². The summed E-state index contributed by atoms with van der Waals surface area (Å²) in [6.45, 7) is 11.2. The van der Waals surface area contributed by atoms with Crippen molar-refractivity contribution in [3.05, 3.63) is 81.8 Å². The van der Waals surface area contributed by atoms with E-state index in [0.29, 0.717) is 10.0 Å². The molecule has 2 heterocycles. The van der Waals surface area contributed by atoms with Crippen LogP contribution in [0, 0.1) is 5.92 Å². The van der Waals surface area contributed by atoms with Crippen LogP contribution < -0.4 is 15.5 Å². The number of halogens is 2. The van der Waals surface area contributed by atoms with E-state index >= 15 is 0 Å². The van der Waals surface area contributed by atoms with Crippen molar-refractivity contribution >= 4 is 34.6 Å². The van der Waals surface area contributed by atoms with Gasteiger partial charge in [-0.3, -0.25) is 9.80 Å². The summed E-state index contributed by atoms with van der Waals surface area (Å²) in [6.07, 6.45) is 2.50. The number of nitrogens with one attached hydrogen (secondary N) is 2. The molecular formula is C34H45Cl2N5O. The lowest BCUT2D eigenvalue weighted by Gasteiger charge is -2.36. The smallest absolute Gasteiger partial charge is 0.0589 e. The van der Waals surface area contributed by atoms with Crippen molar-refractivity contribution in [3.8, 4) is 11.1 Å². The first-order chi connectivity index (χ1) is 20.5. The molecule has 42 heavy (non-hydrogen) atoms. The summed E-state index contributed by atoms with van der Waals surface area (Å²) in [7, 11) is 3.82. The Morgan fingerprint density at radius 2 is 1.45 bits per heavy atom. The van der Waals surface area contributed by atoms with Crippen LogP contribution in [0.5, 0.6) is 0 Å². The minimum Gasteiger partial charge on any atom is -0.383 e. The first kappa shape index (κ1) is 31.1. The first-order valence-electron chi connectivity index (χ1n) is 15.3. The van der Waals surface area contributed by atoms with Gasteiger partial charge in [0.05, 0.1) is 6.61 Å². The van der Waals surface area contributed by atoms with Crippen molar-refractivity contribution in [2.45, 2.75) is 25.9 Å². The van der Waals surface area contributed by atoms with Crippen molar-refractivity contribution in [3.63, 3.8) is 0 Å². The van der Waals surface area contributed by atoms with Gasteiger partial charge < -0.3 is 20.3 Å². The van der Waals surface area contributed by atoms with Gasteiger partial charge >= 0.3 is 0 Å². The summed E-state index contributed by atoms with van der Waals surface area (Å²) < 4.78 is 5.24. The molecular weight excluding hydrogens is 565 g/mol. The van der Waals surface area contributed by atoms with Gasteiger partial charge in [0, 0.05) is 74.3 Å². The van der Waals surface area contributed by atoms with E-state index in [1.54, 1.807) is 13.2 Å². The number of likely N-dealkylation sites (tertiary alicyclic amines) is 1. The second-order valence-corrected chi connectivity index (χ2v) is 12.6. The number of rotatable bonds is 12. The fourth-order valence-corrected chi connectivity index (χ4v) is 6.71. The Bertz CT molecular complexity index is 1250. The molecule has 0 atom stereocenters. The maximum Gasteiger partial charge on any atom is 0.0589 e. The highest BCUT2D eigenvalue weighted by Crippen LogP contribution is 2.30. The van der Waals surface area contributed by atoms with Crippen LogP contribution in [0.1, 0.15) is 24.0 Å². The van der Waals surface area contributed by atoms with Gasteiger partial charge in [-0.05, 0) is 122 Å². The SMILES string of the molecule is CNCC1CCN(Cc2cc(CNc3ccc(N4CCN(CCOC)CC4)cc3)cc(-c3cc(Cl)cc(Cl)c3)c2)CC1. The van der Waals surface area contributed by atoms with Crippen LogP contribution in [-0.4, -0.2) is 82.9 Å². The lowest BCUT2D eigenvalue weighted by atomic mass is 9.95. The Labute approximate surface area is 261 Å². The average Bonchev–Trinajstić information content (AvgIpc) is 3.00. The number of piperazine rings is 1. The molecule has 6 nitrogen and oxygen atoms in total. The molecule has 2 aliphatic heterocycles. The van der Waals surface area contributed by atoms with Gasteiger partial charge in [0.1, 0.15) is 0 Å². The maximum atomic E-state index is 6.39. The molecule has 8 heteroatoms. The van der Waals surface area contributed by atoms with Gasteiger partial charge in [-0.2, -0.15) is 0 Å². The van der Waals surface area contributed by atoms with Gasteiger partial charge in [-0.1, -0.05) is 29.3 Å². The van der Waals surface area contributed by atoms with Crippen molar-refractivity contribution in [2.24, 2.45) is 5.92 Å². The number of hydrogen-bond acceptors (Lipinski definition) is 6. The maximum absolute atomic E-state index is 6.39. The van der Waals surface area contributed by atoms with Crippen LogP contribution in [0.4, 0.5) is 11.4 Å². The van der Waals surface area contributed by atoms with Crippen LogP contribution in [-0.2, 0) is 17.8 Å². The van der Waals surface area contributed by atoms with Gasteiger partial charge in [-0.15, -0.1) is 0 Å². The highest BCUT2D eigenvalue weighted by atomic mass is 35.5. The molecule has 2 N–H and O–H groups in total. The topological polar surface area (TPSA) is 43.0 Å². The van der Waals surface area contributed by atoms with Crippen molar-refractivity contribution in [2.75, 3.05) is 83.3 Å². The van der Waals surface area contributed by atoms with E-state index in [1.165, 1.54) is 29.7 Å². The normalized spacial score (nSPS) is 17.1. The molecule has 0 bridgehead atoms. The highest BCUT2D eigenvalue weighted by Gasteiger charge is 2.19. The predicted molar refractivity (Wildman–Crippen MR) is 178 cm³/mol. The Hall–Kier alpha value is -2.32. The molecule has 3 aromatic carbocycles. The zero-order chi connectivity index (χ0) is 29.3. The highest BCUT2D eigenvalue weighted by molar-refractivity contribution is 6.35. The number of methoxy groups -OCH3 is 1. The van der Waals surface area contributed by atoms with Crippen LogP contribution in [0.2, 0.25) is 10.0 Å². The molecule has 3 aromatic rings. The summed E-state index contributed by atoms with van der Waals surface area (Å²) in [4.78, 5) is 7.53. The third-order valence-corrected chi connectivity index (χ3v) is 9.00. The van der Waals surface area contributed by atoms with Crippen molar-refractivity contribution < 1.29 is 4.74 Å². The quantitative estimate of drug-likeness (QED) is 0.245. The number of piperidine rings is 1. The molecule has 0 aromatic heterocycles. The fourth-order valence-electron chi connectivity index (χ4n) is 6.18. The Morgan fingerprint density at radius 3 is 2.12 bits per heavy atom. The van der Waals surface area contributed by atoms with E-state index in [4.69, 9.17) is 27.9 Å². The van der Waals surface area contributed by atoms with Gasteiger partial charge in [-0.25, -0.2) is 0 Å². The number of anilines is 2. The van der Waals surface area contributed by atoms with E-state index in [2.05, 4.69) is 74.8 Å². The molecule has 2 saturated heterocycles. The van der Waals surface area contributed by atoms with Gasteiger partial charge in [0.25, 0.3) is 0 Å². The number of nitrogens with zero attached hydrogens (tertiary/aromatic N) is 3. The number of benzene rings is 3. The lowest BCUT2D eigenvalue weighted by molar-refractivity contribution is 0.144. The van der Waals surface area contributed by atoms with Gasteiger partial charge in [0.2, 0.25) is 0 Å². The average molecular weight is 611 g/mol. The molecule has 0 unspecified atom stereocenters. The minimum absolute atomic E-state index is 0.658. The second kappa shape index (κ2) is 15.4. The second-order valence-electron chi connectivity index (χ2n) is 11.7. The van der Waals surface area contributed by atoms with E-state index in [1.807, 2.05) is 12.1 Å². The summed E-state index contributed by atoms with van der Waals surface area (Å²) >= 11 is 12.8. The standard InChI is InChI=1S/C34H45Cl2N5O/c1-37-23-26-7-9-40(10-8-26)25-28-17-27(18-29(19-28)30-20-31(35)22-32(36)21-30)24-38-33-3-5-34(6-4-33)41-13-11-39(12-14-41)15-16-42-2/h3-6,17-22,26,37-38H,7-16,23-25H2,1-2H3. The van der Waals surface area contributed by atoms with E-state index in [9.17, 15) is 0 Å². The predicted octanol–water partition coefficient (Wildman–Crippen LogP) is 6.47. The minimum atomic E-state index is 0.658. The fraction of sp³-hybridized carbons (Fsp3) is 0.471. The zero-order valence-corrected chi connectivity index (χ0v) is 26.6. The monoisotopic (exact) mass is 609 g/mol. The van der Waals surface area contributed by atoms with Crippen LogP contribution in [0.3, 0.4) is 0 Å². The van der Waals surface area contributed by atoms with Crippen molar-refractivity contribution in [1.82, 2.24) is 15.1 Å². The van der Waals surface area contributed by atoms with Crippen molar-refractivity contribution in [1.29, 1.82) is 0 Å². The Morgan fingerprint density at radius 1 is 0.786 bits per heavy atom. The molecule has 0 aliphatic carbocycles. The zero-order valence-electron chi connectivity index (χ0n) is 25.0. The van der Waals surface area contributed by atoms with E-state index < -0.39 is 0 Å². The Kier molecular flexibility index (Phi) is 11.4. The molecule has 0 radical (unpaired) electrons. The largest absolute Gasteiger partial charge is 0.383 e. The summed E-state index contributed by atoms with van der Waals surface area (Å²) in [5.74, 6) is 0.780. The summed E-state index contributed by atoms with van der Waals surface area (Å²) in [5.41, 5.74) is 7.19. The molecule has 2 fully saturated rings. The number of ether oxygens (including phenoxy) is 1. The molecule has 2 aliphatic rings. The molecule has 226 valence electrons. The first-order valence-corrected chi connectivity index (χ1v) is 16.0. The lowest BCUT2D eigenvalue weighted by Crippen LogP contribution is -2.47.